The van der Waals surface area contributed by atoms with Gasteiger partial charge in [0.1, 0.15) is 5.75 Å². The van der Waals surface area contributed by atoms with Crippen molar-refractivity contribution in [2.75, 3.05) is 6.61 Å². The van der Waals surface area contributed by atoms with Crippen molar-refractivity contribution >= 4 is 26.0 Å². The molecule has 1 aromatic carbocycles. The molecule has 1 aliphatic carbocycles. The van der Waals surface area contributed by atoms with Crippen LogP contribution in [0.1, 0.15) is 50.9 Å². The van der Waals surface area contributed by atoms with Crippen molar-refractivity contribution in [1.82, 2.24) is 0 Å². The lowest BCUT2D eigenvalue weighted by molar-refractivity contribution is -0.134. The van der Waals surface area contributed by atoms with Crippen LogP contribution in [-0.4, -0.2) is 38.8 Å². The van der Waals surface area contributed by atoms with Crippen LogP contribution in [0.2, 0.25) is 18.1 Å². The van der Waals surface area contributed by atoms with Crippen LogP contribution >= 0.6 is 0 Å². The van der Waals surface area contributed by atoms with Crippen LogP contribution in [0.4, 0.5) is 0 Å². The third kappa shape index (κ3) is 6.11. The van der Waals surface area contributed by atoms with Crippen LogP contribution in [-0.2, 0) is 18.8 Å². The Labute approximate surface area is 173 Å². The Balaban J connectivity index is 2.00. The van der Waals surface area contributed by atoms with Crippen LogP contribution in [0.25, 0.3) is 0 Å². The topological polar surface area (TPSA) is 78.9 Å². The van der Waals surface area contributed by atoms with Gasteiger partial charge in [-0.05, 0) is 49.3 Å². The highest BCUT2D eigenvalue weighted by atomic mass is 28.4. The Kier molecular flexibility index (Phi) is 8.34. The second-order valence-electron chi connectivity index (χ2n) is 7.12. The lowest BCUT2D eigenvalue weighted by Gasteiger charge is -2.30. The molecule has 1 aliphatic rings. The molecule has 0 unspecified atom stereocenters. The van der Waals surface area contributed by atoms with Crippen molar-refractivity contribution in [2.45, 2.75) is 64.8 Å². The molecule has 0 saturated carbocycles. The second-order valence-corrected chi connectivity index (χ2v) is 11.8. The highest BCUT2D eigenvalue weighted by Gasteiger charge is 2.35. The average molecular weight is 419 g/mol. The molecule has 0 N–H and O–H groups in total. The molecule has 1 aromatic rings. The molecule has 0 amide bonds. The summed E-state index contributed by atoms with van der Waals surface area (Å²) >= 11 is 0. The quantitative estimate of drug-likeness (QED) is 0.317. The van der Waals surface area contributed by atoms with Gasteiger partial charge in [-0.2, -0.15) is 0 Å². The van der Waals surface area contributed by atoms with Gasteiger partial charge in [-0.3, -0.25) is 9.59 Å². The van der Waals surface area contributed by atoms with Crippen LogP contribution in [0.3, 0.4) is 0 Å². The predicted octanol–water partition coefficient (Wildman–Crippen LogP) is 4.45. The first kappa shape index (κ1) is 23.0. The van der Waals surface area contributed by atoms with Crippen molar-refractivity contribution < 1.29 is 28.3 Å². The summed E-state index contributed by atoms with van der Waals surface area (Å²) in [7, 11) is -1.82. The molecule has 0 spiro atoms. The van der Waals surface area contributed by atoms with Crippen LogP contribution in [0.5, 0.6) is 5.75 Å². The van der Waals surface area contributed by atoms with E-state index in [2.05, 4.69) is 20.8 Å². The molecule has 0 bridgehead atoms. The number of hydrogen-bond acceptors (Lipinski definition) is 6. The highest BCUT2D eigenvalue weighted by molar-refractivity contribution is 6.73. The van der Waals surface area contributed by atoms with E-state index in [1.165, 1.54) is 6.07 Å². The van der Waals surface area contributed by atoms with E-state index in [4.69, 9.17) is 13.9 Å². The van der Waals surface area contributed by atoms with Gasteiger partial charge in [-0.15, -0.1) is 0 Å². The van der Waals surface area contributed by atoms with Gasteiger partial charge < -0.3 is 13.9 Å². The fourth-order valence-electron chi connectivity index (χ4n) is 3.47. The molecule has 0 saturated heterocycles. The first-order chi connectivity index (χ1) is 13.9. The van der Waals surface area contributed by atoms with Gasteiger partial charge in [0.05, 0.1) is 24.7 Å². The van der Waals surface area contributed by atoms with E-state index in [9.17, 15) is 14.4 Å². The molecule has 0 aliphatic heterocycles. The molecule has 29 heavy (non-hydrogen) atoms. The minimum Gasteiger partial charge on any atom is -0.462 e. The Morgan fingerprint density at radius 1 is 1.10 bits per heavy atom. The molecule has 2 rings (SSSR count). The number of benzene rings is 1. The van der Waals surface area contributed by atoms with Gasteiger partial charge in [-0.25, -0.2) is 4.79 Å². The zero-order chi connectivity index (χ0) is 21.4. The lowest BCUT2D eigenvalue weighted by Crippen LogP contribution is -2.39. The Morgan fingerprint density at radius 2 is 1.79 bits per heavy atom. The number of carbonyl (C=O) groups excluding carboxylic acids is 3. The fourth-order valence-corrected chi connectivity index (χ4v) is 6.26. The number of carbonyl (C=O) groups is 3. The predicted molar refractivity (Wildman–Crippen MR) is 112 cm³/mol. The van der Waals surface area contributed by atoms with E-state index in [0.29, 0.717) is 11.1 Å². The molecule has 7 heteroatoms. The highest BCUT2D eigenvalue weighted by Crippen LogP contribution is 2.29. The van der Waals surface area contributed by atoms with Crippen molar-refractivity contribution in [3.8, 4) is 5.75 Å². The number of rotatable bonds is 10. The molecular weight excluding hydrogens is 388 g/mol. The molecule has 0 radical (unpaired) electrons. The average Bonchev–Trinajstić information content (AvgIpc) is 3.05. The van der Waals surface area contributed by atoms with Gasteiger partial charge in [0, 0.05) is 12.0 Å². The normalized spacial score (nSPS) is 16.5. The van der Waals surface area contributed by atoms with E-state index in [-0.39, 0.29) is 37.1 Å². The largest absolute Gasteiger partial charge is 0.462 e. The third-order valence-corrected chi connectivity index (χ3v) is 10.0. The zero-order valence-corrected chi connectivity index (χ0v) is 18.7. The lowest BCUT2D eigenvalue weighted by atomic mass is 10.1. The van der Waals surface area contributed by atoms with Crippen LogP contribution < -0.4 is 4.74 Å². The summed E-state index contributed by atoms with van der Waals surface area (Å²) in [6.07, 6.45) is 1.71. The fraction of sp³-hybridized carbons (Fsp3) is 0.500. The molecule has 0 aromatic heterocycles. The Bertz CT molecular complexity index is 773. The smallest absolute Gasteiger partial charge is 0.338 e. The van der Waals surface area contributed by atoms with Gasteiger partial charge in [0.2, 0.25) is 0 Å². The van der Waals surface area contributed by atoms with Gasteiger partial charge in [-0.1, -0.05) is 26.8 Å². The molecule has 0 heterocycles. The molecule has 1 atom stereocenters. The van der Waals surface area contributed by atoms with E-state index >= 15 is 0 Å². The number of ketones is 1. The molecule has 6 nitrogen and oxygen atoms in total. The molecule has 158 valence electrons. The van der Waals surface area contributed by atoms with Gasteiger partial charge in [0.15, 0.2) is 14.1 Å². The van der Waals surface area contributed by atoms with E-state index in [1.807, 2.05) is 0 Å². The van der Waals surface area contributed by atoms with E-state index in [1.54, 1.807) is 31.2 Å². The Morgan fingerprint density at radius 3 is 2.41 bits per heavy atom. The van der Waals surface area contributed by atoms with Gasteiger partial charge >= 0.3 is 11.9 Å². The number of ether oxygens (including phenoxy) is 2. The summed E-state index contributed by atoms with van der Waals surface area (Å²) in [4.78, 5) is 36.5. The summed E-state index contributed by atoms with van der Waals surface area (Å²) in [6.45, 7) is 8.41. The first-order valence-corrected chi connectivity index (χ1v) is 12.8. The van der Waals surface area contributed by atoms with Crippen molar-refractivity contribution in [3.05, 3.63) is 41.5 Å². The van der Waals surface area contributed by atoms with Crippen molar-refractivity contribution in [3.63, 3.8) is 0 Å². The second kappa shape index (κ2) is 10.5. The summed E-state index contributed by atoms with van der Waals surface area (Å²) in [5.41, 5.74) is 0.745. The maximum Gasteiger partial charge on any atom is 0.338 e. The van der Waals surface area contributed by atoms with Crippen LogP contribution in [0.15, 0.2) is 35.9 Å². The summed E-state index contributed by atoms with van der Waals surface area (Å²) < 4.78 is 16.6. The minimum atomic E-state index is -1.82. The SMILES string of the molecule is CCOC(=O)c1cccc(OC(=O)CC2=C[C@H](O[Si](CC)(CC)CC)CC2=O)c1. The molecular formula is C22H30O6Si. The van der Waals surface area contributed by atoms with Crippen molar-refractivity contribution in [1.29, 1.82) is 0 Å². The van der Waals surface area contributed by atoms with Gasteiger partial charge in [0.25, 0.3) is 0 Å². The first-order valence-electron chi connectivity index (χ1n) is 10.3. The van der Waals surface area contributed by atoms with Crippen molar-refractivity contribution in [2.24, 2.45) is 0 Å². The van der Waals surface area contributed by atoms with E-state index < -0.39 is 20.3 Å². The summed E-state index contributed by atoms with van der Waals surface area (Å²) in [5, 5.41) is 0. The minimum absolute atomic E-state index is 0.0709. The summed E-state index contributed by atoms with van der Waals surface area (Å²) in [5.74, 6) is -0.849. The van der Waals surface area contributed by atoms with E-state index in [0.717, 1.165) is 18.1 Å². The zero-order valence-electron chi connectivity index (χ0n) is 17.7. The maximum absolute atomic E-state index is 12.3. The monoisotopic (exact) mass is 418 g/mol. The molecule has 0 fully saturated rings. The summed E-state index contributed by atoms with van der Waals surface area (Å²) in [6, 6.07) is 9.26. The Hall–Kier alpha value is -2.25. The number of esters is 2. The number of Topliss-reactive ketones (excluding diaryl/α,β-unsaturated/α-hetero) is 1. The van der Waals surface area contributed by atoms with Crippen LogP contribution in [0, 0.1) is 0 Å². The third-order valence-electron chi connectivity index (χ3n) is 5.38. The maximum atomic E-state index is 12.3. The standard InChI is InChI=1S/C22H30O6Si/c1-5-26-22(25)16-10-9-11-18(12-16)27-21(24)14-17-13-19(15-20(17)23)28-29(6-2,7-3)8-4/h9-13,19H,5-8,14-15H2,1-4H3/t19-/m0/s1. The number of hydrogen-bond donors (Lipinski definition) is 0.